The number of hydrogen-bond donors (Lipinski definition) is 2. The number of halogens is 1. The van der Waals surface area contributed by atoms with Crippen LogP contribution in [0.15, 0.2) is 105 Å². The Bertz CT molecular complexity index is 1370. The summed E-state index contributed by atoms with van der Waals surface area (Å²) in [5.41, 5.74) is 4.32. The van der Waals surface area contributed by atoms with Crippen molar-refractivity contribution in [2.24, 2.45) is 5.10 Å². The summed E-state index contributed by atoms with van der Waals surface area (Å²) in [5, 5.41) is 6.74. The van der Waals surface area contributed by atoms with Gasteiger partial charge in [0.2, 0.25) is 5.76 Å². The Morgan fingerprint density at radius 1 is 0.857 bits per heavy atom. The van der Waals surface area contributed by atoms with Gasteiger partial charge in [0.15, 0.2) is 0 Å². The standard InChI is InChI=1S/C26H18BrN3O5/c27-20-10-13-22(35-26(33)23-7-4-14-34-23)19(15-20)16-28-30-25(32)18-8-11-21(12-9-18)29-24(31)17-5-2-1-3-6-17/h1-16H,(H,29,31)(H,30,32)/b28-16-. The van der Waals surface area contributed by atoms with Gasteiger partial charge in [-0.1, -0.05) is 34.1 Å². The molecule has 0 atom stereocenters. The van der Waals surface area contributed by atoms with Crippen LogP contribution in [0.4, 0.5) is 5.69 Å². The first-order valence-corrected chi connectivity index (χ1v) is 11.1. The number of hydrazone groups is 1. The highest BCUT2D eigenvalue weighted by atomic mass is 79.9. The van der Waals surface area contributed by atoms with E-state index in [1.807, 2.05) is 6.07 Å². The minimum Gasteiger partial charge on any atom is -0.457 e. The molecule has 2 amide bonds. The highest BCUT2D eigenvalue weighted by Gasteiger charge is 2.14. The lowest BCUT2D eigenvalue weighted by atomic mass is 10.1. The van der Waals surface area contributed by atoms with E-state index in [1.54, 1.807) is 72.8 Å². The molecule has 1 aromatic heterocycles. The molecular weight excluding hydrogens is 514 g/mol. The molecule has 0 unspecified atom stereocenters. The summed E-state index contributed by atoms with van der Waals surface area (Å²) in [6.07, 6.45) is 2.74. The maximum Gasteiger partial charge on any atom is 0.379 e. The molecule has 2 N–H and O–H groups in total. The van der Waals surface area contributed by atoms with Crippen LogP contribution in [0.1, 0.15) is 36.8 Å². The maximum absolute atomic E-state index is 12.5. The van der Waals surface area contributed by atoms with Crippen LogP contribution in [0, 0.1) is 0 Å². The van der Waals surface area contributed by atoms with Crippen molar-refractivity contribution in [3.63, 3.8) is 0 Å². The van der Waals surface area contributed by atoms with Crippen molar-refractivity contribution in [1.29, 1.82) is 0 Å². The number of nitrogens with one attached hydrogen (secondary N) is 2. The summed E-state index contributed by atoms with van der Waals surface area (Å²) in [4.78, 5) is 36.9. The molecule has 3 aromatic carbocycles. The molecule has 9 heteroatoms. The first kappa shape index (κ1) is 23.7. The van der Waals surface area contributed by atoms with Gasteiger partial charge in [-0.2, -0.15) is 5.10 Å². The maximum atomic E-state index is 12.5. The van der Waals surface area contributed by atoms with Crippen molar-refractivity contribution in [1.82, 2.24) is 5.43 Å². The van der Waals surface area contributed by atoms with Gasteiger partial charge >= 0.3 is 5.97 Å². The predicted molar refractivity (Wildman–Crippen MR) is 134 cm³/mol. The van der Waals surface area contributed by atoms with Gasteiger partial charge in [-0.15, -0.1) is 0 Å². The zero-order valence-corrected chi connectivity index (χ0v) is 19.7. The second-order valence-electron chi connectivity index (χ2n) is 7.15. The molecule has 0 spiro atoms. The number of amides is 2. The molecule has 35 heavy (non-hydrogen) atoms. The number of rotatable bonds is 7. The number of benzene rings is 3. The summed E-state index contributed by atoms with van der Waals surface area (Å²) in [7, 11) is 0. The van der Waals surface area contributed by atoms with Crippen LogP contribution in [0.2, 0.25) is 0 Å². The van der Waals surface area contributed by atoms with Crippen LogP contribution in [0.5, 0.6) is 5.75 Å². The van der Waals surface area contributed by atoms with E-state index in [2.05, 4.69) is 31.8 Å². The molecule has 0 radical (unpaired) electrons. The third-order valence-corrected chi connectivity index (χ3v) is 5.20. The summed E-state index contributed by atoms with van der Waals surface area (Å²) < 4.78 is 11.2. The van der Waals surface area contributed by atoms with E-state index < -0.39 is 11.9 Å². The van der Waals surface area contributed by atoms with Gasteiger partial charge in [0.1, 0.15) is 5.75 Å². The highest BCUT2D eigenvalue weighted by Crippen LogP contribution is 2.23. The van der Waals surface area contributed by atoms with Crippen molar-refractivity contribution < 1.29 is 23.5 Å². The monoisotopic (exact) mass is 531 g/mol. The van der Waals surface area contributed by atoms with Gasteiger partial charge in [-0.25, -0.2) is 10.2 Å². The lowest BCUT2D eigenvalue weighted by Crippen LogP contribution is -2.18. The third-order valence-electron chi connectivity index (χ3n) is 4.71. The molecular formula is C26H18BrN3O5. The number of hydrogen-bond acceptors (Lipinski definition) is 6. The summed E-state index contributed by atoms with van der Waals surface area (Å²) in [6.45, 7) is 0. The van der Waals surface area contributed by atoms with Crippen molar-refractivity contribution in [2.75, 3.05) is 5.32 Å². The second kappa shape index (κ2) is 11.1. The second-order valence-corrected chi connectivity index (χ2v) is 8.06. The number of nitrogens with zero attached hydrogens (tertiary/aromatic N) is 1. The van der Waals surface area contributed by atoms with E-state index >= 15 is 0 Å². The highest BCUT2D eigenvalue weighted by molar-refractivity contribution is 9.10. The number of ether oxygens (including phenoxy) is 1. The quantitative estimate of drug-likeness (QED) is 0.146. The summed E-state index contributed by atoms with van der Waals surface area (Å²) >= 11 is 3.36. The van der Waals surface area contributed by atoms with E-state index in [9.17, 15) is 14.4 Å². The molecule has 0 saturated carbocycles. The van der Waals surface area contributed by atoms with Crippen molar-refractivity contribution in [2.45, 2.75) is 0 Å². The Morgan fingerprint density at radius 2 is 1.60 bits per heavy atom. The largest absolute Gasteiger partial charge is 0.457 e. The van der Waals surface area contributed by atoms with Crippen LogP contribution in [-0.2, 0) is 0 Å². The minimum absolute atomic E-state index is 0.0625. The molecule has 174 valence electrons. The summed E-state index contributed by atoms with van der Waals surface area (Å²) in [6, 6.07) is 23.3. The van der Waals surface area contributed by atoms with Crippen molar-refractivity contribution in [3.05, 3.63) is 118 Å². The number of carbonyl (C=O) groups is 3. The van der Waals surface area contributed by atoms with Crippen LogP contribution >= 0.6 is 15.9 Å². The number of carbonyl (C=O) groups excluding carboxylic acids is 3. The fourth-order valence-electron chi connectivity index (χ4n) is 2.98. The molecule has 4 aromatic rings. The Balaban J connectivity index is 1.38. The van der Waals surface area contributed by atoms with Gasteiger partial charge in [0.25, 0.3) is 11.8 Å². The average Bonchev–Trinajstić information content (AvgIpc) is 3.42. The van der Waals surface area contributed by atoms with Gasteiger partial charge < -0.3 is 14.5 Å². The van der Waals surface area contributed by atoms with Gasteiger partial charge in [-0.3, -0.25) is 9.59 Å². The van der Waals surface area contributed by atoms with E-state index in [1.165, 1.54) is 18.5 Å². The van der Waals surface area contributed by atoms with E-state index in [4.69, 9.17) is 9.15 Å². The molecule has 0 aliphatic heterocycles. The van der Waals surface area contributed by atoms with Crippen LogP contribution in [0.25, 0.3) is 0 Å². The topological polar surface area (TPSA) is 110 Å². The zero-order valence-electron chi connectivity index (χ0n) is 18.1. The smallest absolute Gasteiger partial charge is 0.379 e. The normalized spacial score (nSPS) is 10.7. The first-order valence-electron chi connectivity index (χ1n) is 10.3. The van der Waals surface area contributed by atoms with Crippen molar-refractivity contribution >= 4 is 45.6 Å². The molecule has 0 bridgehead atoms. The third kappa shape index (κ3) is 6.30. The Hall–Kier alpha value is -4.50. The SMILES string of the molecule is O=C(N/N=C\c1cc(Br)ccc1OC(=O)c1ccco1)c1ccc(NC(=O)c2ccccc2)cc1. The van der Waals surface area contributed by atoms with Gasteiger partial charge in [0, 0.05) is 26.9 Å². The molecule has 0 fully saturated rings. The fraction of sp³-hybridized carbons (Fsp3) is 0. The minimum atomic E-state index is -0.657. The van der Waals surface area contributed by atoms with Crippen LogP contribution < -0.4 is 15.5 Å². The van der Waals surface area contributed by atoms with Gasteiger partial charge in [-0.05, 0) is 66.7 Å². The molecule has 8 nitrogen and oxygen atoms in total. The Kier molecular flexibility index (Phi) is 7.49. The van der Waals surface area contributed by atoms with Gasteiger partial charge in [0.05, 0.1) is 12.5 Å². The zero-order chi connectivity index (χ0) is 24.6. The van der Waals surface area contributed by atoms with E-state index in [-0.39, 0.29) is 17.4 Å². The van der Waals surface area contributed by atoms with Crippen LogP contribution in [0.3, 0.4) is 0 Å². The Labute approximate surface area is 208 Å². The molecule has 0 saturated heterocycles. The molecule has 4 rings (SSSR count). The van der Waals surface area contributed by atoms with Crippen molar-refractivity contribution in [3.8, 4) is 5.75 Å². The molecule has 0 aliphatic rings. The average molecular weight is 532 g/mol. The lowest BCUT2D eigenvalue weighted by Gasteiger charge is -2.07. The van der Waals surface area contributed by atoms with E-state index in [0.717, 1.165) is 4.47 Å². The van der Waals surface area contributed by atoms with Crippen LogP contribution in [-0.4, -0.2) is 24.0 Å². The Morgan fingerprint density at radius 3 is 2.31 bits per heavy atom. The number of esters is 1. The molecule has 1 heterocycles. The number of furan rings is 1. The lowest BCUT2D eigenvalue weighted by molar-refractivity contribution is 0.0700. The fourth-order valence-corrected chi connectivity index (χ4v) is 3.36. The molecule has 0 aliphatic carbocycles. The van der Waals surface area contributed by atoms with E-state index in [0.29, 0.717) is 22.4 Å². The predicted octanol–water partition coefficient (Wildman–Crippen LogP) is 5.28. The number of anilines is 1. The first-order chi connectivity index (χ1) is 17.0. The summed E-state index contributed by atoms with van der Waals surface area (Å²) in [5.74, 6) is -1.05.